The number of rotatable bonds is 7. The standard InChI is InChI=1S/C33H43F2N6O2S/c1-5-30(43)40-12-10-39(11-13-40)24-19-44(20-24)28-14-29(38(4)32(27(28)15-36)33(3,34)35)41-9-8-26(23(17-41)18-42)31-21(2)37-16-22-6-7-25(22)31/h6,14,16,24-25,42,44H,5,7-13,17-20H2,1-4H3/q+1. The molecule has 6 rings (SSSR count). The molecule has 1 atom stereocenters. The fourth-order valence-corrected chi connectivity index (χ4v) is 10.1. The molecule has 5 aliphatic rings. The third kappa shape index (κ3) is 5.39. The number of nitrogens with zero attached hydrogens (tertiary/aromatic N) is 6. The van der Waals surface area contributed by atoms with Gasteiger partial charge < -0.3 is 10.0 Å². The molecule has 1 aromatic rings. The lowest BCUT2D eigenvalue weighted by Crippen LogP contribution is -2.56. The molecule has 2 fully saturated rings. The van der Waals surface area contributed by atoms with Crippen molar-refractivity contribution in [3.05, 3.63) is 51.4 Å². The summed E-state index contributed by atoms with van der Waals surface area (Å²) in [7, 11) is 0.856. The van der Waals surface area contributed by atoms with Crippen molar-refractivity contribution in [1.82, 2.24) is 9.80 Å². The lowest BCUT2D eigenvalue weighted by molar-refractivity contribution is -0.675. The number of aromatic nitrogens is 1. The molecule has 2 saturated heterocycles. The summed E-state index contributed by atoms with van der Waals surface area (Å²) in [5, 5.41) is 20.7. The number of nitriles is 1. The molecule has 1 aromatic heterocycles. The van der Waals surface area contributed by atoms with Crippen LogP contribution in [0.2, 0.25) is 0 Å². The van der Waals surface area contributed by atoms with Crippen molar-refractivity contribution in [3.63, 3.8) is 0 Å². The van der Waals surface area contributed by atoms with E-state index in [2.05, 4.69) is 26.9 Å². The third-order valence-corrected chi connectivity index (χ3v) is 12.8. The Morgan fingerprint density at radius 2 is 1.98 bits per heavy atom. The number of hydrogen-bond donors (Lipinski definition) is 2. The maximum Gasteiger partial charge on any atom is 0.306 e. The van der Waals surface area contributed by atoms with E-state index in [1.807, 2.05) is 31.0 Å². The average molecular weight is 626 g/mol. The lowest BCUT2D eigenvalue weighted by Gasteiger charge is -2.48. The zero-order valence-electron chi connectivity index (χ0n) is 26.1. The number of fused-ring (bicyclic) bond motifs is 1. The first-order valence-electron chi connectivity index (χ1n) is 15.7. The Morgan fingerprint density at radius 1 is 1.25 bits per heavy atom. The Labute approximate surface area is 261 Å². The molecule has 236 valence electrons. The molecule has 0 spiro atoms. The van der Waals surface area contributed by atoms with E-state index >= 15 is 8.78 Å². The van der Waals surface area contributed by atoms with Gasteiger partial charge in [0, 0.05) is 80.8 Å². The molecule has 8 nitrogen and oxygen atoms in total. The molecule has 1 unspecified atom stereocenters. The Kier molecular flexibility index (Phi) is 8.46. The third-order valence-electron chi connectivity index (χ3n) is 10.1. The van der Waals surface area contributed by atoms with Crippen molar-refractivity contribution in [2.75, 3.05) is 62.3 Å². The number of piperazine rings is 1. The second kappa shape index (κ2) is 12.0. The van der Waals surface area contributed by atoms with Crippen LogP contribution in [0.4, 0.5) is 14.6 Å². The Bertz CT molecular complexity index is 1520. The van der Waals surface area contributed by atoms with Crippen LogP contribution in [-0.2, 0) is 17.8 Å². The molecule has 0 bridgehead atoms. The van der Waals surface area contributed by atoms with Gasteiger partial charge in [0.1, 0.15) is 18.2 Å². The Hall–Kier alpha value is -3.07. The number of aliphatic hydroxyl groups is 1. The van der Waals surface area contributed by atoms with Crippen molar-refractivity contribution in [3.8, 4) is 6.07 Å². The molecule has 1 aliphatic carbocycles. The van der Waals surface area contributed by atoms with Crippen molar-refractivity contribution < 1.29 is 23.2 Å². The summed E-state index contributed by atoms with van der Waals surface area (Å²) in [5.41, 5.74) is 5.35. The highest BCUT2D eigenvalue weighted by Crippen LogP contribution is 2.51. The number of pyridine rings is 1. The summed E-state index contributed by atoms with van der Waals surface area (Å²) < 4.78 is 32.0. The van der Waals surface area contributed by atoms with Gasteiger partial charge in [0.2, 0.25) is 5.91 Å². The van der Waals surface area contributed by atoms with Crippen molar-refractivity contribution in [1.29, 1.82) is 5.26 Å². The molecule has 11 heteroatoms. The van der Waals surface area contributed by atoms with E-state index in [1.165, 1.54) is 15.7 Å². The molecule has 0 aromatic carbocycles. The molecular formula is C33H43F2N6O2S+. The number of allylic oxidation sites excluding steroid dienone is 4. The molecule has 1 amide bonds. The normalized spacial score (nSPS) is 26.6. The van der Waals surface area contributed by atoms with E-state index in [4.69, 9.17) is 0 Å². The van der Waals surface area contributed by atoms with Crippen molar-refractivity contribution in [2.45, 2.75) is 56.9 Å². The summed E-state index contributed by atoms with van der Waals surface area (Å²) >= 11 is 0. The van der Waals surface area contributed by atoms with Gasteiger partial charge in [-0.25, -0.2) is 15.5 Å². The highest BCUT2D eigenvalue weighted by molar-refractivity contribution is 8.18. The predicted octanol–water partition coefficient (Wildman–Crippen LogP) is 3.59. The highest BCUT2D eigenvalue weighted by atomic mass is 32.2. The van der Waals surface area contributed by atoms with Crippen LogP contribution >= 0.6 is 10.9 Å². The molecule has 1 N–H and O–H groups in total. The maximum absolute atomic E-state index is 15.3. The monoisotopic (exact) mass is 625 g/mol. The van der Waals surface area contributed by atoms with Gasteiger partial charge in [-0.1, -0.05) is 13.0 Å². The number of anilines is 1. The topological polar surface area (TPSA) is 87.1 Å². The summed E-state index contributed by atoms with van der Waals surface area (Å²) in [6.07, 6.45) is 6.31. The van der Waals surface area contributed by atoms with Gasteiger partial charge in [-0.2, -0.15) is 14.0 Å². The molecule has 5 heterocycles. The Morgan fingerprint density at radius 3 is 2.57 bits per heavy atom. The van der Waals surface area contributed by atoms with Crippen LogP contribution in [0.5, 0.6) is 0 Å². The SMILES string of the molecule is CCC(=O)N1CCN(C2C[SH](c3cc(N4CCC(C5=C(C)N=CC6=CCC65)=C(CO)C4)[n+](C)c(C(C)(F)F)c3C#N)C2)CC1. The smallest absolute Gasteiger partial charge is 0.306 e. The van der Waals surface area contributed by atoms with Gasteiger partial charge in [-0.05, 0) is 47.1 Å². The van der Waals surface area contributed by atoms with Gasteiger partial charge in [-0.15, -0.1) is 0 Å². The summed E-state index contributed by atoms with van der Waals surface area (Å²) in [4.78, 5) is 23.9. The van der Waals surface area contributed by atoms with Crippen LogP contribution < -0.4 is 9.47 Å². The Balaban J connectivity index is 1.28. The molecule has 0 radical (unpaired) electrons. The molecule has 44 heavy (non-hydrogen) atoms. The fourth-order valence-electron chi connectivity index (χ4n) is 7.53. The first kappa shape index (κ1) is 30.9. The first-order valence-corrected chi connectivity index (χ1v) is 17.4. The van der Waals surface area contributed by atoms with Crippen LogP contribution in [0.15, 0.2) is 50.0 Å². The van der Waals surface area contributed by atoms with Crippen LogP contribution in [-0.4, -0.2) is 90.5 Å². The average Bonchev–Trinajstić information content (AvgIpc) is 2.97. The van der Waals surface area contributed by atoms with E-state index in [0.717, 1.165) is 72.8 Å². The summed E-state index contributed by atoms with van der Waals surface area (Å²) in [5.74, 6) is -0.296. The van der Waals surface area contributed by atoms with Crippen LogP contribution in [0.1, 0.15) is 51.3 Å². The van der Waals surface area contributed by atoms with Gasteiger partial charge >= 0.3 is 5.92 Å². The van der Waals surface area contributed by atoms with Gasteiger partial charge in [0.15, 0.2) is 5.69 Å². The number of thiol groups is 1. The number of carbonyl (C=O) groups excluding carboxylic acids is 1. The molecule has 4 aliphatic heterocycles. The summed E-state index contributed by atoms with van der Waals surface area (Å²) in [6.45, 7) is 8.84. The number of aliphatic hydroxyl groups excluding tert-OH is 1. The number of aliphatic imine (C=N–C) groups is 1. The molecular weight excluding hydrogens is 582 g/mol. The number of hydrogen-bond acceptors (Lipinski definition) is 6. The fraction of sp³-hybridized carbons (Fsp3) is 0.576. The first-order chi connectivity index (χ1) is 21.0. The summed E-state index contributed by atoms with van der Waals surface area (Å²) in [6, 6.07) is 4.49. The minimum Gasteiger partial charge on any atom is -0.392 e. The quantitative estimate of drug-likeness (QED) is 0.358. The maximum atomic E-state index is 15.3. The zero-order chi connectivity index (χ0) is 31.3. The second-order valence-electron chi connectivity index (χ2n) is 12.7. The minimum atomic E-state index is -3.20. The zero-order valence-corrected chi connectivity index (χ0v) is 27.0. The van der Waals surface area contributed by atoms with E-state index < -0.39 is 16.8 Å². The van der Waals surface area contributed by atoms with Crippen molar-refractivity contribution >= 4 is 28.8 Å². The second-order valence-corrected chi connectivity index (χ2v) is 15.0. The lowest BCUT2D eigenvalue weighted by atomic mass is 9.72. The molecule has 0 saturated carbocycles. The van der Waals surface area contributed by atoms with Crippen LogP contribution in [0.3, 0.4) is 0 Å². The van der Waals surface area contributed by atoms with Crippen molar-refractivity contribution in [2.24, 2.45) is 18.0 Å². The van der Waals surface area contributed by atoms with E-state index in [9.17, 15) is 15.2 Å². The van der Waals surface area contributed by atoms with Crippen LogP contribution in [0.25, 0.3) is 0 Å². The number of halogens is 2. The van der Waals surface area contributed by atoms with E-state index in [0.29, 0.717) is 43.7 Å². The van der Waals surface area contributed by atoms with Gasteiger partial charge in [-0.3, -0.25) is 19.6 Å². The van der Waals surface area contributed by atoms with Gasteiger partial charge in [0.05, 0.1) is 20.2 Å². The largest absolute Gasteiger partial charge is 0.392 e. The highest BCUT2D eigenvalue weighted by Gasteiger charge is 2.43. The van der Waals surface area contributed by atoms with Gasteiger partial charge in [0.25, 0.3) is 5.82 Å². The van der Waals surface area contributed by atoms with E-state index in [1.54, 1.807) is 7.05 Å². The number of amides is 1. The number of carbonyl (C=O) groups is 1. The predicted molar refractivity (Wildman–Crippen MR) is 169 cm³/mol. The van der Waals surface area contributed by atoms with Crippen LogP contribution in [0, 0.1) is 17.2 Å². The number of alkyl halides is 2. The van der Waals surface area contributed by atoms with E-state index in [-0.39, 0.29) is 23.8 Å². The minimum absolute atomic E-state index is 0.104.